The van der Waals surface area contributed by atoms with Crippen molar-refractivity contribution in [2.45, 2.75) is 26.3 Å². The molecule has 0 radical (unpaired) electrons. The van der Waals surface area contributed by atoms with Crippen molar-refractivity contribution in [3.63, 3.8) is 0 Å². The van der Waals surface area contributed by atoms with Gasteiger partial charge in [0.15, 0.2) is 0 Å². The Hall–Kier alpha value is -1.67. The Balaban J connectivity index is 2.40. The summed E-state index contributed by atoms with van der Waals surface area (Å²) < 4.78 is 13.7. The third-order valence-corrected chi connectivity index (χ3v) is 3.51. The largest absolute Gasteiger partial charge is 0.309 e. The highest BCUT2D eigenvalue weighted by atomic mass is 19.1. The van der Waals surface area contributed by atoms with Gasteiger partial charge in [-0.3, -0.25) is 0 Å². The molecule has 0 aliphatic heterocycles. The van der Waals surface area contributed by atoms with Crippen molar-refractivity contribution in [1.82, 2.24) is 5.32 Å². The lowest BCUT2D eigenvalue weighted by Gasteiger charge is -2.18. The normalized spacial score (nSPS) is 12.4. The maximum atomic E-state index is 13.7. The van der Waals surface area contributed by atoms with Crippen LogP contribution in [0.1, 0.15) is 35.2 Å². The van der Waals surface area contributed by atoms with E-state index in [0.717, 1.165) is 12.0 Å². The van der Waals surface area contributed by atoms with E-state index in [0.29, 0.717) is 5.56 Å². The second-order valence-electron chi connectivity index (χ2n) is 4.83. The standard InChI is InChI=1S/C17H20FN/c1-4-13-6-5-7-14(10-13)17(19-3)15-9-8-12(2)16(18)11-15/h5-11,17,19H,4H2,1-3H3. The number of nitrogens with one attached hydrogen (secondary N) is 1. The van der Waals surface area contributed by atoms with Crippen LogP contribution in [0.15, 0.2) is 42.5 Å². The van der Waals surface area contributed by atoms with Gasteiger partial charge in [-0.15, -0.1) is 0 Å². The first-order valence-electron chi connectivity index (χ1n) is 6.68. The van der Waals surface area contributed by atoms with Crippen LogP contribution in [0.5, 0.6) is 0 Å². The van der Waals surface area contributed by atoms with Crippen LogP contribution < -0.4 is 5.32 Å². The van der Waals surface area contributed by atoms with Crippen molar-refractivity contribution >= 4 is 0 Å². The van der Waals surface area contributed by atoms with Gasteiger partial charge in [-0.25, -0.2) is 4.39 Å². The van der Waals surface area contributed by atoms with Gasteiger partial charge < -0.3 is 5.32 Å². The van der Waals surface area contributed by atoms with Crippen LogP contribution in [0.2, 0.25) is 0 Å². The second-order valence-corrected chi connectivity index (χ2v) is 4.83. The van der Waals surface area contributed by atoms with Crippen LogP contribution in [0.25, 0.3) is 0 Å². The van der Waals surface area contributed by atoms with Crippen molar-refractivity contribution in [3.05, 3.63) is 70.5 Å². The molecule has 0 spiro atoms. The average molecular weight is 257 g/mol. The van der Waals surface area contributed by atoms with Crippen molar-refractivity contribution < 1.29 is 4.39 Å². The summed E-state index contributed by atoms with van der Waals surface area (Å²) in [6.45, 7) is 3.92. The minimum atomic E-state index is -0.149. The zero-order valence-electron chi connectivity index (χ0n) is 11.7. The molecule has 1 unspecified atom stereocenters. The summed E-state index contributed by atoms with van der Waals surface area (Å²) in [5, 5.41) is 3.27. The molecule has 0 amide bonds. The Bertz CT molecular complexity index is 563. The number of halogens is 1. The first-order valence-corrected chi connectivity index (χ1v) is 6.68. The van der Waals surface area contributed by atoms with Gasteiger partial charge in [-0.1, -0.05) is 43.3 Å². The van der Waals surface area contributed by atoms with Crippen LogP contribution in [0.3, 0.4) is 0 Å². The van der Waals surface area contributed by atoms with Crippen LogP contribution in [0.4, 0.5) is 4.39 Å². The van der Waals surface area contributed by atoms with E-state index in [1.165, 1.54) is 11.1 Å². The number of aryl methyl sites for hydroxylation is 2. The summed E-state index contributed by atoms with van der Waals surface area (Å²) in [5.41, 5.74) is 4.11. The number of benzene rings is 2. The zero-order valence-corrected chi connectivity index (χ0v) is 11.7. The fourth-order valence-electron chi connectivity index (χ4n) is 2.31. The Labute approximate surface area is 114 Å². The van der Waals surface area contributed by atoms with Crippen LogP contribution >= 0.6 is 0 Å². The quantitative estimate of drug-likeness (QED) is 0.872. The fourth-order valence-corrected chi connectivity index (χ4v) is 2.31. The summed E-state index contributed by atoms with van der Waals surface area (Å²) in [7, 11) is 1.90. The summed E-state index contributed by atoms with van der Waals surface area (Å²) in [6.07, 6.45) is 1.01. The van der Waals surface area contributed by atoms with E-state index in [2.05, 4.69) is 36.5 Å². The van der Waals surface area contributed by atoms with Gasteiger partial charge in [0.05, 0.1) is 6.04 Å². The van der Waals surface area contributed by atoms with Gasteiger partial charge in [-0.2, -0.15) is 0 Å². The molecule has 0 bridgehead atoms. The van der Waals surface area contributed by atoms with E-state index in [1.54, 1.807) is 13.0 Å². The number of hydrogen-bond acceptors (Lipinski definition) is 1. The number of hydrogen-bond donors (Lipinski definition) is 1. The minimum absolute atomic E-state index is 0.0293. The van der Waals surface area contributed by atoms with E-state index >= 15 is 0 Å². The van der Waals surface area contributed by atoms with E-state index in [1.807, 2.05) is 19.2 Å². The molecule has 2 aromatic carbocycles. The van der Waals surface area contributed by atoms with Gasteiger partial charge in [0.25, 0.3) is 0 Å². The lowest BCUT2D eigenvalue weighted by atomic mass is 9.96. The lowest BCUT2D eigenvalue weighted by molar-refractivity contribution is 0.608. The van der Waals surface area contributed by atoms with Crippen molar-refractivity contribution in [3.8, 4) is 0 Å². The molecule has 1 atom stereocenters. The molecule has 19 heavy (non-hydrogen) atoms. The molecular formula is C17H20FN. The molecule has 0 saturated carbocycles. The molecule has 1 N–H and O–H groups in total. The maximum absolute atomic E-state index is 13.7. The molecule has 100 valence electrons. The Morgan fingerprint density at radius 2 is 1.84 bits per heavy atom. The molecule has 2 rings (SSSR count). The summed E-state index contributed by atoms with van der Waals surface area (Å²) in [4.78, 5) is 0. The molecule has 0 aromatic heterocycles. The number of rotatable bonds is 4. The highest BCUT2D eigenvalue weighted by Gasteiger charge is 2.13. The predicted molar refractivity (Wildman–Crippen MR) is 77.9 cm³/mol. The first kappa shape index (κ1) is 13.8. The Kier molecular flexibility index (Phi) is 4.33. The molecule has 1 nitrogen and oxygen atoms in total. The lowest BCUT2D eigenvalue weighted by Crippen LogP contribution is -2.18. The fraction of sp³-hybridized carbons (Fsp3) is 0.294. The Morgan fingerprint density at radius 1 is 1.11 bits per heavy atom. The monoisotopic (exact) mass is 257 g/mol. The van der Waals surface area contributed by atoms with E-state index in [4.69, 9.17) is 0 Å². The first-order chi connectivity index (χ1) is 9.15. The summed E-state index contributed by atoms with van der Waals surface area (Å²) in [5.74, 6) is -0.149. The van der Waals surface area contributed by atoms with Crippen molar-refractivity contribution in [2.75, 3.05) is 7.05 Å². The average Bonchev–Trinajstić information content (AvgIpc) is 2.44. The van der Waals surface area contributed by atoms with Gasteiger partial charge >= 0.3 is 0 Å². The Morgan fingerprint density at radius 3 is 2.47 bits per heavy atom. The maximum Gasteiger partial charge on any atom is 0.126 e. The van der Waals surface area contributed by atoms with Gasteiger partial charge in [0, 0.05) is 0 Å². The topological polar surface area (TPSA) is 12.0 Å². The molecule has 0 saturated heterocycles. The molecule has 0 heterocycles. The molecule has 0 aliphatic carbocycles. The second kappa shape index (κ2) is 5.98. The SMILES string of the molecule is CCc1cccc(C(NC)c2ccc(C)c(F)c2)c1. The highest BCUT2D eigenvalue weighted by molar-refractivity contribution is 5.35. The van der Waals surface area contributed by atoms with Crippen LogP contribution in [-0.4, -0.2) is 7.05 Å². The van der Waals surface area contributed by atoms with Gasteiger partial charge in [0.2, 0.25) is 0 Å². The van der Waals surface area contributed by atoms with E-state index < -0.39 is 0 Å². The molecule has 0 aliphatic rings. The van der Waals surface area contributed by atoms with Crippen LogP contribution in [-0.2, 0) is 6.42 Å². The zero-order chi connectivity index (χ0) is 13.8. The van der Waals surface area contributed by atoms with Crippen molar-refractivity contribution in [2.24, 2.45) is 0 Å². The summed E-state index contributed by atoms with van der Waals surface area (Å²) in [6, 6.07) is 13.9. The minimum Gasteiger partial charge on any atom is -0.309 e. The third-order valence-electron chi connectivity index (χ3n) is 3.51. The third kappa shape index (κ3) is 3.02. The predicted octanol–water partition coefficient (Wildman–Crippen LogP) is 4.01. The molecule has 2 heteroatoms. The molecule has 0 fully saturated rings. The van der Waals surface area contributed by atoms with Gasteiger partial charge in [-0.05, 0) is 48.7 Å². The van der Waals surface area contributed by atoms with E-state index in [9.17, 15) is 4.39 Å². The van der Waals surface area contributed by atoms with E-state index in [-0.39, 0.29) is 11.9 Å². The highest BCUT2D eigenvalue weighted by Crippen LogP contribution is 2.24. The molecule has 2 aromatic rings. The van der Waals surface area contributed by atoms with Gasteiger partial charge in [0.1, 0.15) is 5.82 Å². The molecular weight excluding hydrogens is 237 g/mol. The summed E-state index contributed by atoms with van der Waals surface area (Å²) >= 11 is 0. The van der Waals surface area contributed by atoms with Crippen molar-refractivity contribution in [1.29, 1.82) is 0 Å². The van der Waals surface area contributed by atoms with Crippen LogP contribution in [0, 0.1) is 12.7 Å². The smallest absolute Gasteiger partial charge is 0.126 e.